The van der Waals surface area contributed by atoms with Gasteiger partial charge in [0.15, 0.2) is 0 Å². The van der Waals surface area contributed by atoms with Crippen LogP contribution in [0.5, 0.6) is 5.75 Å². The van der Waals surface area contributed by atoms with Crippen molar-refractivity contribution >= 4 is 11.4 Å². The van der Waals surface area contributed by atoms with Crippen LogP contribution in [0.3, 0.4) is 0 Å². The Hall–Kier alpha value is -4.70. The number of rotatable bonds is 5. The van der Waals surface area contributed by atoms with E-state index in [2.05, 4.69) is 25.7 Å². The van der Waals surface area contributed by atoms with E-state index in [1.165, 1.54) is 9.69 Å². The molecule has 5 N–H and O–H groups in total. The van der Waals surface area contributed by atoms with Crippen LogP contribution in [-0.2, 0) is 0 Å². The molecule has 0 aliphatic carbocycles. The summed E-state index contributed by atoms with van der Waals surface area (Å²) in [7, 11) is 0. The van der Waals surface area contributed by atoms with Gasteiger partial charge in [0.25, 0.3) is 5.56 Å². The molecule has 0 radical (unpaired) electrons. The summed E-state index contributed by atoms with van der Waals surface area (Å²) in [5.41, 5.74) is 5.70. The molecule has 0 bridgehead atoms. The lowest BCUT2D eigenvalue weighted by atomic mass is 10.0. The van der Waals surface area contributed by atoms with Gasteiger partial charge in [-0.1, -0.05) is 36.4 Å². The van der Waals surface area contributed by atoms with E-state index in [1.807, 2.05) is 56.3 Å². The van der Waals surface area contributed by atoms with Gasteiger partial charge in [-0.25, -0.2) is 10.5 Å². The standard InChI is InChI=1S/C25H24N8O2/c1-14-10-11-19(12-15(14)2)33-25(35)22(16(3)29-33)32(26)21-9-5-8-20(23(21)34)17-6-4-7-18(13-17)24-27-30-31-28-24/h4-13,29,34H,26H2,1-3H3,(H,27,28,30,31). The molecular weight excluding hydrogens is 444 g/mol. The summed E-state index contributed by atoms with van der Waals surface area (Å²) >= 11 is 0. The van der Waals surface area contributed by atoms with E-state index in [4.69, 9.17) is 5.84 Å². The lowest BCUT2D eigenvalue weighted by Gasteiger charge is -2.20. The van der Waals surface area contributed by atoms with Gasteiger partial charge in [0.2, 0.25) is 5.82 Å². The maximum atomic E-state index is 13.3. The summed E-state index contributed by atoms with van der Waals surface area (Å²) in [5, 5.41) is 29.5. The second-order valence-electron chi connectivity index (χ2n) is 8.35. The van der Waals surface area contributed by atoms with Gasteiger partial charge in [0.1, 0.15) is 17.1 Å². The summed E-state index contributed by atoms with van der Waals surface area (Å²) < 4.78 is 1.45. The van der Waals surface area contributed by atoms with E-state index >= 15 is 0 Å². The highest BCUT2D eigenvalue weighted by Crippen LogP contribution is 2.39. The number of tetrazole rings is 1. The van der Waals surface area contributed by atoms with Gasteiger partial charge in [0.05, 0.1) is 11.4 Å². The van der Waals surface area contributed by atoms with E-state index < -0.39 is 0 Å². The Labute approximate surface area is 200 Å². The van der Waals surface area contributed by atoms with E-state index in [-0.39, 0.29) is 17.0 Å². The molecule has 10 heteroatoms. The van der Waals surface area contributed by atoms with E-state index in [1.54, 1.807) is 25.1 Å². The number of nitrogens with two attached hydrogens (primary N) is 1. The molecule has 2 aromatic heterocycles. The van der Waals surface area contributed by atoms with Gasteiger partial charge in [0, 0.05) is 11.1 Å². The predicted octanol–water partition coefficient (Wildman–Crippen LogP) is 3.66. The fourth-order valence-electron chi connectivity index (χ4n) is 4.06. The Morgan fingerprint density at radius 2 is 1.74 bits per heavy atom. The molecule has 3 aromatic carbocycles. The number of para-hydroxylation sites is 1. The molecule has 0 unspecified atom stereocenters. The normalized spacial score (nSPS) is 11.1. The van der Waals surface area contributed by atoms with Crippen LogP contribution in [-0.4, -0.2) is 35.5 Å². The van der Waals surface area contributed by atoms with Crippen LogP contribution in [0.2, 0.25) is 0 Å². The molecule has 0 fully saturated rings. The number of nitrogens with zero attached hydrogens (tertiary/aromatic N) is 5. The first kappa shape index (κ1) is 22.1. The largest absolute Gasteiger partial charge is 0.505 e. The molecule has 0 aliphatic heterocycles. The quantitative estimate of drug-likeness (QED) is 0.228. The van der Waals surface area contributed by atoms with Crippen LogP contribution >= 0.6 is 0 Å². The molecule has 2 heterocycles. The lowest BCUT2D eigenvalue weighted by molar-refractivity contribution is 0.477. The lowest BCUT2D eigenvalue weighted by Crippen LogP contribution is -2.31. The Morgan fingerprint density at radius 1 is 0.971 bits per heavy atom. The number of hydrazine groups is 1. The van der Waals surface area contributed by atoms with Gasteiger partial charge in [-0.2, -0.15) is 5.21 Å². The molecule has 0 atom stereocenters. The Morgan fingerprint density at radius 3 is 2.49 bits per heavy atom. The van der Waals surface area contributed by atoms with Crippen LogP contribution in [0.4, 0.5) is 11.4 Å². The van der Waals surface area contributed by atoms with Crippen molar-refractivity contribution in [3.8, 4) is 34.0 Å². The van der Waals surface area contributed by atoms with Crippen molar-refractivity contribution in [2.24, 2.45) is 5.84 Å². The van der Waals surface area contributed by atoms with Gasteiger partial charge in [-0.3, -0.25) is 14.9 Å². The predicted molar refractivity (Wildman–Crippen MR) is 134 cm³/mol. The molecule has 176 valence electrons. The van der Waals surface area contributed by atoms with Gasteiger partial charge in [-0.15, -0.1) is 10.2 Å². The monoisotopic (exact) mass is 468 g/mol. The maximum Gasteiger partial charge on any atom is 0.296 e. The number of anilines is 2. The first-order chi connectivity index (χ1) is 16.8. The van der Waals surface area contributed by atoms with Crippen LogP contribution in [0, 0.1) is 20.8 Å². The third kappa shape index (κ3) is 3.85. The second kappa shape index (κ2) is 8.58. The number of aryl methyl sites for hydroxylation is 3. The number of hydrogen-bond acceptors (Lipinski definition) is 7. The average Bonchev–Trinajstić information content (AvgIpc) is 3.49. The zero-order chi connectivity index (χ0) is 24.7. The Kier molecular flexibility index (Phi) is 5.42. The van der Waals surface area contributed by atoms with Crippen molar-refractivity contribution < 1.29 is 5.11 Å². The van der Waals surface area contributed by atoms with Crippen molar-refractivity contribution in [3.05, 3.63) is 87.8 Å². The van der Waals surface area contributed by atoms with Gasteiger partial charge >= 0.3 is 0 Å². The number of aromatic amines is 2. The van der Waals surface area contributed by atoms with Crippen molar-refractivity contribution in [3.63, 3.8) is 0 Å². The zero-order valence-electron chi connectivity index (χ0n) is 19.4. The summed E-state index contributed by atoms with van der Waals surface area (Å²) in [5.74, 6) is 6.81. The van der Waals surface area contributed by atoms with Crippen LogP contribution in [0.15, 0.2) is 65.5 Å². The van der Waals surface area contributed by atoms with Crippen molar-refractivity contribution in [1.29, 1.82) is 0 Å². The molecule has 0 saturated carbocycles. The number of aromatic hydroxyl groups is 1. The van der Waals surface area contributed by atoms with Gasteiger partial charge < -0.3 is 5.11 Å². The molecule has 5 aromatic rings. The third-order valence-corrected chi connectivity index (χ3v) is 6.08. The fraction of sp³-hybridized carbons (Fsp3) is 0.120. The topological polar surface area (TPSA) is 142 Å². The van der Waals surface area contributed by atoms with Crippen LogP contribution in [0.1, 0.15) is 16.8 Å². The molecule has 0 saturated heterocycles. The summed E-state index contributed by atoms with van der Waals surface area (Å²) in [4.78, 5) is 13.3. The van der Waals surface area contributed by atoms with E-state index in [0.717, 1.165) is 22.3 Å². The number of hydrogen-bond donors (Lipinski definition) is 4. The maximum absolute atomic E-state index is 13.3. The molecule has 5 rings (SSSR count). The highest BCUT2D eigenvalue weighted by Gasteiger charge is 2.22. The fourth-order valence-corrected chi connectivity index (χ4v) is 4.06. The minimum absolute atomic E-state index is 0.0574. The molecule has 0 spiro atoms. The van der Waals surface area contributed by atoms with E-state index in [0.29, 0.717) is 28.5 Å². The molecule has 10 nitrogen and oxygen atoms in total. The number of benzene rings is 3. The van der Waals surface area contributed by atoms with E-state index in [9.17, 15) is 9.90 Å². The highest BCUT2D eigenvalue weighted by molar-refractivity contribution is 5.82. The highest BCUT2D eigenvalue weighted by atomic mass is 16.3. The molecule has 35 heavy (non-hydrogen) atoms. The van der Waals surface area contributed by atoms with Crippen molar-refractivity contribution in [1.82, 2.24) is 30.4 Å². The number of phenols is 1. The third-order valence-electron chi connectivity index (χ3n) is 6.08. The number of aromatic nitrogens is 6. The zero-order valence-corrected chi connectivity index (χ0v) is 19.4. The minimum Gasteiger partial charge on any atom is -0.505 e. The van der Waals surface area contributed by atoms with Gasteiger partial charge in [-0.05, 0) is 66.9 Å². The minimum atomic E-state index is -0.322. The SMILES string of the molecule is Cc1ccc(-n2[nH]c(C)c(N(N)c3cccc(-c4cccc(-c5nn[nH]n5)c4)c3O)c2=O)cc1C. The number of phenolic OH excluding ortho intramolecular Hbond substituents is 1. The van der Waals surface area contributed by atoms with Crippen molar-refractivity contribution in [2.45, 2.75) is 20.8 Å². The van der Waals surface area contributed by atoms with Crippen LogP contribution < -0.4 is 16.4 Å². The first-order valence-corrected chi connectivity index (χ1v) is 11.0. The molecular formula is C25H24N8O2. The number of nitrogens with one attached hydrogen (secondary N) is 2. The molecule has 0 aliphatic rings. The molecule has 0 amide bonds. The van der Waals surface area contributed by atoms with Crippen LogP contribution in [0.25, 0.3) is 28.2 Å². The Bertz CT molecular complexity index is 1580. The average molecular weight is 469 g/mol. The summed E-state index contributed by atoms with van der Waals surface area (Å²) in [6, 6.07) is 18.4. The second-order valence-corrected chi connectivity index (χ2v) is 8.35. The Balaban J connectivity index is 1.56. The first-order valence-electron chi connectivity index (χ1n) is 11.0. The number of H-pyrrole nitrogens is 2. The summed E-state index contributed by atoms with van der Waals surface area (Å²) in [6.45, 7) is 5.78. The smallest absolute Gasteiger partial charge is 0.296 e. The summed E-state index contributed by atoms with van der Waals surface area (Å²) in [6.07, 6.45) is 0. The van der Waals surface area contributed by atoms with Crippen molar-refractivity contribution in [2.75, 3.05) is 5.01 Å².